The summed E-state index contributed by atoms with van der Waals surface area (Å²) < 4.78 is 33.3. The van der Waals surface area contributed by atoms with Crippen LogP contribution in [0, 0.1) is 13.8 Å². The molecule has 2 rings (SSSR count). The molecule has 1 aromatic carbocycles. The normalized spacial score (nSPS) is 17.9. The summed E-state index contributed by atoms with van der Waals surface area (Å²) in [6.07, 6.45) is 1.67. The van der Waals surface area contributed by atoms with E-state index < -0.39 is 10.0 Å². The third-order valence-corrected chi connectivity index (χ3v) is 5.65. The first-order valence-electron chi connectivity index (χ1n) is 7.19. The summed E-state index contributed by atoms with van der Waals surface area (Å²) in [5.74, 6) is 0.401. The minimum absolute atomic E-state index is 0.00230. The number of hydrogen-bond acceptors (Lipinski definition) is 4. The Bertz CT molecular complexity index is 606. The van der Waals surface area contributed by atoms with Crippen LogP contribution in [0.2, 0.25) is 0 Å². The average Bonchev–Trinajstić information content (AvgIpc) is 2.43. The standard InChI is InChI=1S/C15H24N2O3S/c1-11-9-14(20-4)15(10-12(11)2)21(18,19)16-13-5-7-17(3)8-6-13/h9-10,13,16H,5-8H2,1-4H3. The second-order valence-corrected chi connectivity index (χ2v) is 7.47. The third kappa shape index (κ3) is 3.75. The van der Waals surface area contributed by atoms with Gasteiger partial charge in [0.2, 0.25) is 10.0 Å². The molecule has 1 saturated heterocycles. The molecule has 1 heterocycles. The molecule has 21 heavy (non-hydrogen) atoms. The van der Waals surface area contributed by atoms with Gasteiger partial charge >= 0.3 is 0 Å². The number of benzene rings is 1. The van der Waals surface area contributed by atoms with Gasteiger partial charge in [0, 0.05) is 6.04 Å². The molecule has 118 valence electrons. The van der Waals surface area contributed by atoms with Crippen molar-refractivity contribution in [3.63, 3.8) is 0 Å². The molecule has 0 bridgehead atoms. The maximum atomic E-state index is 12.6. The summed E-state index contributed by atoms with van der Waals surface area (Å²) in [4.78, 5) is 2.44. The van der Waals surface area contributed by atoms with Crippen LogP contribution in [0.4, 0.5) is 0 Å². The lowest BCUT2D eigenvalue weighted by Gasteiger charge is -2.29. The Morgan fingerprint density at radius 2 is 1.76 bits per heavy atom. The smallest absolute Gasteiger partial charge is 0.244 e. The minimum Gasteiger partial charge on any atom is -0.495 e. The molecule has 1 aromatic rings. The van der Waals surface area contributed by atoms with E-state index in [4.69, 9.17) is 4.74 Å². The molecular formula is C15H24N2O3S. The Morgan fingerprint density at radius 1 is 1.19 bits per heavy atom. The van der Waals surface area contributed by atoms with Gasteiger partial charge in [0.25, 0.3) is 0 Å². The highest BCUT2D eigenvalue weighted by molar-refractivity contribution is 7.89. The molecule has 1 N–H and O–H groups in total. The van der Waals surface area contributed by atoms with E-state index in [0.29, 0.717) is 5.75 Å². The zero-order valence-corrected chi connectivity index (χ0v) is 14.0. The van der Waals surface area contributed by atoms with Gasteiger partial charge in [0.15, 0.2) is 0 Å². The molecule has 0 saturated carbocycles. The largest absolute Gasteiger partial charge is 0.495 e. The van der Waals surface area contributed by atoms with E-state index in [1.54, 1.807) is 12.1 Å². The van der Waals surface area contributed by atoms with Crippen molar-refractivity contribution in [1.29, 1.82) is 0 Å². The number of nitrogens with one attached hydrogen (secondary N) is 1. The van der Waals surface area contributed by atoms with Crippen molar-refractivity contribution >= 4 is 10.0 Å². The van der Waals surface area contributed by atoms with Crippen molar-refractivity contribution in [3.05, 3.63) is 23.3 Å². The summed E-state index contributed by atoms with van der Waals surface area (Å²) in [5, 5.41) is 0. The first-order chi connectivity index (χ1) is 9.83. The predicted molar refractivity (Wildman–Crippen MR) is 83.3 cm³/mol. The maximum Gasteiger partial charge on any atom is 0.244 e. The van der Waals surface area contributed by atoms with Crippen molar-refractivity contribution in [3.8, 4) is 5.75 Å². The molecule has 0 atom stereocenters. The molecule has 6 heteroatoms. The molecule has 1 aliphatic rings. The number of likely N-dealkylation sites (tertiary alicyclic amines) is 1. The Labute approximate surface area is 127 Å². The number of aryl methyl sites for hydroxylation is 2. The summed E-state index contributed by atoms with van der Waals surface area (Å²) in [6.45, 7) is 5.68. The molecule has 0 radical (unpaired) electrons. The van der Waals surface area contributed by atoms with Gasteiger partial charge in [-0.2, -0.15) is 0 Å². The van der Waals surface area contributed by atoms with Crippen LogP contribution in [-0.4, -0.2) is 46.6 Å². The van der Waals surface area contributed by atoms with Crippen molar-refractivity contribution in [2.24, 2.45) is 0 Å². The van der Waals surface area contributed by atoms with Gasteiger partial charge in [0.1, 0.15) is 10.6 Å². The Hall–Kier alpha value is -1.11. The van der Waals surface area contributed by atoms with Crippen molar-refractivity contribution in [2.45, 2.75) is 37.6 Å². The van der Waals surface area contributed by atoms with E-state index in [2.05, 4.69) is 16.7 Å². The van der Waals surface area contributed by atoms with E-state index >= 15 is 0 Å². The topological polar surface area (TPSA) is 58.6 Å². The van der Waals surface area contributed by atoms with Crippen molar-refractivity contribution in [1.82, 2.24) is 9.62 Å². The molecule has 0 unspecified atom stereocenters. The summed E-state index contributed by atoms with van der Waals surface area (Å²) >= 11 is 0. The highest BCUT2D eigenvalue weighted by Crippen LogP contribution is 2.27. The number of hydrogen-bond donors (Lipinski definition) is 1. The van der Waals surface area contributed by atoms with Gasteiger partial charge in [-0.05, 0) is 70.1 Å². The number of methoxy groups -OCH3 is 1. The van der Waals surface area contributed by atoms with Gasteiger partial charge in [0.05, 0.1) is 7.11 Å². The van der Waals surface area contributed by atoms with Crippen LogP contribution in [0.5, 0.6) is 5.75 Å². The Balaban J connectivity index is 2.25. The quantitative estimate of drug-likeness (QED) is 0.919. The van der Waals surface area contributed by atoms with Crippen molar-refractivity contribution < 1.29 is 13.2 Å². The van der Waals surface area contributed by atoms with Crippen LogP contribution >= 0.6 is 0 Å². The van der Waals surface area contributed by atoms with E-state index in [9.17, 15) is 8.42 Å². The second kappa shape index (κ2) is 6.34. The fraction of sp³-hybridized carbons (Fsp3) is 0.600. The molecule has 0 aromatic heterocycles. The lowest BCUT2D eigenvalue weighted by atomic mass is 10.1. The van der Waals surface area contributed by atoms with Crippen LogP contribution in [0.15, 0.2) is 17.0 Å². The Morgan fingerprint density at radius 3 is 2.33 bits per heavy atom. The summed E-state index contributed by atoms with van der Waals surface area (Å²) in [7, 11) is -0.00155. The molecule has 0 aliphatic carbocycles. The van der Waals surface area contributed by atoms with Crippen LogP contribution in [0.3, 0.4) is 0 Å². The monoisotopic (exact) mass is 312 g/mol. The molecule has 1 aliphatic heterocycles. The lowest BCUT2D eigenvalue weighted by molar-refractivity contribution is 0.248. The number of ether oxygens (including phenoxy) is 1. The molecular weight excluding hydrogens is 288 g/mol. The molecule has 1 fully saturated rings. The lowest BCUT2D eigenvalue weighted by Crippen LogP contribution is -2.43. The molecule has 0 spiro atoms. The minimum atomic E-state index is -3.55. The van der Waals surface area contributed by atoms with Gasteiger partial charge < -0.3 is 9.64 Å². The van der Waals surface area contributed by atoms with E-state index in [0.717, 1.165) is 37.1 Å². The van der Waals surface area contributed by atoms with Crippen LogP contribution in [-0.2, 0) is 10.0 Å². The maximum absolute atomic E-state index is 12.6. The van der Waals surface area contributed by atoms with Gasteiger partial charge in [-0.3, -0.25) is 0 Å². The van der Waals surface area contributed by atoms with Crippen LogP contribution in [0.25, 0.3) is 0 Å². The number of rotatable bonds is 4. The highest BCUT2D eigenvalue weighted by Gasteiger charge is 2.26. The van der Waals surface area contributed by atoms with E-state index in [1.165, 1.54) is 7.11 Å². The average molecular weight is 312 g/mol. The molecule has 0 amide bonds. The predicted octanol–water partition coefficient (Wildman–Crippen LogP) is 1.68. The highest BCUT2D eigenvalue weighted by atomic mass is 32.2. The van der Waals surface area contributed by atoms with Gasteiger partial charge in [-0.15, -0.1) is 0 Å². The first kappa shape index (κ1) is 16.3. The van der Waals surface area contributed by atoms with Crippen LogP contribution in [0.1, 0.15) is 24.0 Å². The van der Waals surface area contributed by atoms with Gasteiger partial charge in [-0.1, -0.05) is 0 Å². The molecule has 5 nitrogen and oxygen atoms in total. The van der Waals surface area contributed by atoms with Gasteiger partial charge in [-0.25, -0.2) is 13.1 Å². The SMILES string of the molecule is COc1cc(C)c(C)cc1S(=O)(=O)NC1CCN(C)CC1. The third-order valence-electron chi connectivity index (χ3n) is 4.11. The Kier molecular flexibility index (Phi) is 4.91. The van der Waals surface area contributed by atoms with E-state index in [-0.39, 0.29) is 10.9 Å². The van der Waals surface area contributed by atoms with E-state index in [1.807, 2.05) is 13.8 Å². The van der Waals surface area contributed by atoms with Crippen molar-refractivity contribution in [2.75, 3.05) is 27.2 Å². The number of piperidine rings is 1. The first-order valence-corrected chi connectivity index (χ1v) is 8.68. The number of sulfonamides is 1. The summed E-state index contributed by atoms with van der Waals surface area (Å²) in [5.41, 5.74) is 1.96. The zero-order valence-electron chi connectivity index (χ0n) is 13.1. The fourth-order valence-electron chi connectivity index (χ4n) is 2.54. The fourth-order valence-corrected chi connectivity index (χ4v) is 4.08. The second-order valence-electron chi connectivity index (χ2n) is 5.79. The number of nitrogens with zero attached hydrogens (tertiary/aromatic N) is 1. The van der Waals surface area contributed by atoms with Crippen LogP contribution < -0.4 is 9.46 Å². The zero-order chi connectivity index (χ0) is 15.6. The summed E-state index contributed by atoms with van der Waals surface area (Å²) in [6, 6.07) is 3.46.